The SMILES string of the molecule is CC(C)(CC(F)(F)F)C(=O)NCc1ccc(Cl)c(C(=O)Nc2cnc(OCC(F)F)c(C(=O)Nc3ccc(Br)cc3)c2)c1. The number of hydrogen-bond acceptors (Lipinski definition) is 5. The maximum atomic E-state index is 13.1. The molecular formula is C28H25BrClF5N4O4. The van der Waals surface area contributed by atoms with Crippen molar-refractivity contribution in [3.63, 3.8) is 0 Å². The van der Waals surface area contributed by atoms with Gasteiger partial charge in [-0.2, -0.15) is 13.2 Å². The summed E-state index contributed by atoms with van der Waals surface area (Å²) in [7, 11) is 0. The molecule has 0 spiro atoms. The van der Waals surface area contributed by atoms with Gasteiger partial charge in [0.05, 0.1) is 34.3 Å². The summed E-state index contributed by atoms with van der Waals surface area (Å²) in [5, 5.41) is 7.55. The fourth-order valence-electron chi connectivity index (χ4n) is 3.73. The number of pyridine rings is 1. The minimum absolute atomic E-state index is 0.000902. The number of hydrogen-bond donors (Lipinski definition) is 3. The number of amides is 3. The minimum atomic E-state index is -4.53. The van der Waals surface area contributed by atoms with Crippen molar-refractivity contribution in [1.29, 1.82) is 0 Å². The van der Waals surface area contributed by atoms with E-state index in [2.05, 4.69) is 36.9 Å². The lowest BCUT2D eigenvalue weighted by Gasteiger charge is -2.24. The zero-order valence-corrected chi connectivity index (χ0v) is 25.0. The monoisotopic (exact) mass is 690 g/mol. The molecule has 230 valence electrons. The number of nitrogens with zero attached hydrogens (tertiary/aromatic N) is 1. The van der Waals surface area contributed by atoms with Crippen LogP contribution in [0, 0.1) is 5.41 Å². The van der Waals surface area contributed by atoms with E-state index in [4.69, 9.17) is 16.3 Å². The van der Waals surface area contributed by atoms with Gasteiger partial charge in [0.15, 0.2) is 6.61 Å². The van der Waals surface area contributed by atoms with Crippen molar-refractivity contribution in [3.8, 4) is 5.88 Å². The molecule has 15 heteroatoms. The van der Waals surface area contributed by atoms with Crippen molar-refractivity contribution in [2.24, 2.45) is 5.41 Å². The highest BCUT2D eigenvalue weighted by Crippen LogP contribution is 2.33. The summed E-state index contributed by atoms with van der Waals surface area (Å²) in [6.45, 7) is 1.13. The average molecular weight is 692 g/mol. The normalized spacial score (nSPS) is 11.7. The van der Waals surface area contributed by atoms with Crippen LogP contribution in [0.25, 0.3) is 0 Å². The van der Waals surface area contributed by atoms with Gasteiger partial charge in [0.1, 0.15) is 5.56 Å². The standard InChI is InChI=1S/C28H25BrClF5N4O4/c1-27(2,14-28(33,34)35)26(42)37-11-15-3-8-21(30)19(9-15)23(40)39-18-10-20(25(36-12-18)43-13-22(31)32)24(41)38-17-6-4-16(29)5-7-17/h3-10,12,22H,11,13-14H2,1-2H3,(H,37,42)(H,38,41)(H,39,40). The molecule has 1 aromatic heterocycles. The summed E-state index contributed by atoms with van der Waals surface area (Å²) in [6.07, 6.45) is -7.59. The first kappa shape index (κ1) is 33.7. The van der Waals surface area contributed by atoms with Crippen molar-refractivity contribution in [3.05, 3.63) is 80.9 Å². The number of carbonyl (C=O) groups excluding carboxylic acids is 3. The Kier molecular flexibility index (Phi) is 11.1. The van der Waals surface area contributed by atoms with E-state index >= 15 is 0 Å². The van der Waals surface area contributed by atoms with Gasteiger partial charge in [0.25, 0.3) is 18.2 Å². The van der Waals surface area contributed by atoms with Crippen LogP contribution in [-0.2, 0) is 11.3 Å². The number of nitrogens with one attached hydrogen (secondary N) is 3. The van der Waals surface area contributed by atoms with Gasteiger partial charge in [0, 0.05) is 16.7 Å². The van der Waals surface area contributed by atoms with Gasteiger partial charge in [-0.05, 0) is 48.0 Å². The van der Waals surface area contributed by atoms with Crippen LogP contribution in [0.1, 0.15) is 46.5 Å². The van der Waals surface area contributed by atoms with Gasteiger partial charge in [0.2, 0.25) is 11.8 Å². The molecule has 0 fully saturated rings. The summed E-state index contributed by atoms with van der Waals surface area (Å²) in [5.74, 6) is -2.73. The van der Waals surface area contributed by atoms with Crippen LogP contribution in [0.4, 0.5) is 33.3 Å². The molecule has 8 nitrogen and oxygen atoms in total. The zero-order chi connectivity index (χ0) is 31.9. The number of benzene rings is 2. The first-order chi connectivity index (χ1) is 20.0. The van der Waals surface area contributed by atoms with Crippen molar-refractivity contribution in [2.75, 3.05) is 17.2 Å². The second-order valence-corrected chi connectivity index (χ2v) is 11.2. The molecule has 0 aliphatic rings. The van der Waals surface area contributed by atoms with Crippen LogP contribution in [0.2, 0.25) is 5.02 Å². The molecule has 0 bridgehead atoms. The molecule has 3 amide bonds. The maximum Gasteiger partial charge on any atom is 0.390 e. The molecule has 0 unspecified atom stereocenters. The van der Waals surface area contributed by atoms with Crippen molar-refractivity contribution < 1.29 is 41.1 Å². The third-order valence-corrected chi connectivity index (χ3v) is 6.65. The summed E-state index contributed by atoms with van der Waals surface area (Å²) in [4.78, 5) is 42.3. The van der Waals surface area contributed by atoms with Crippen molar-refractivity contribution in [2.45, 2.75) is 39.4 Å². The summed E-state index contributed by atoms with van der Waals surface area (Å²) in [6, 6.07) is 11.9. The number of alkyl halides is 5. The van der Waals surface area contributed by atoms with Gasteiger partial charge >= 0.3 is 6.18 Å². The fraction of sp³-hybridized carbons (Fsp3) is 0.286. The highest BCUT2D eigenvalue weighted by molar-refractivity contribution is 9.10. The predicted molar refractivity (Wildman–Crippen MR) is 154 cm³/mol. The predicted octanol–water partition coefficient (Wildman–Crippen LogP) is 7.24. The summed E-state index contributed by atoms with van der Waals surface area (Å²) < 4.78 is 69.7. The third-order valence-electron chi connectivity index (χ3n) is 5.79. The van der Waals surface area contributed by atoms with Crippen molar-refractivity contribution >= 4 is 56.6 Å². The molecule has 0 saturated carbocycles. The van der Waals surface area contributed by atoms with E-state index in [0.717, 1.165) is 10.7 Å². The van der Waals surface area contributed by atoms with Crippen LogP contribution in [0.3, 0.4) is 0 Å². The second-order valence-electron chi connectivity index (χ2n) is 9.87. The number of aromatic nitrogens is 1. The molecule has 2 aromatic carbocycles. The topological polar surface area (TPSA) is 109 Å². The molecule has 0 aliphatic carbocycles. The Bertz CT molecular complexity index is 1490. The van der Waals surface area contributed by atoms with E-state index in [-0.39, 0.29) is 28.4 Å². The van der Waals surface area contributed by atoms with Gasteiger partial charge in [-0.1, -0.05) is 47.4 Å². The Hall–Kier alpha value is -3.78. The molecule has 0 saturated heterocycles. The maximum absolute atomic E-state index is 13.1. The smallest absolute Gasteiger partial charge is 0.390 e. The molecule has 0 radical (unpaired) electrons. The molecule has 3 aromatic rings. The molecule has 43 heavy (non-hydrogen) atoms. The number of halogens is 7. The van der Waals surface area contributed by atoms with Crippen LogP contribution < -0.4 is 20.7 Å². The third kappa shape index (κ3) is 10.2. The Morgan fingerprint density at radius 2 is 1.58 bits per heavy atom. The van der Waals surface area contributed by atoms with Crippen LogP contribution in [0.15, 0.2) is 59.2 Å². The Morgan fingerprint density at radius 1 is 0.953 bits per heavy atom. The Morgan fingerprint density at radius 3 is 2.21 bits per heavy atom. The molecule has 1 heterocycles. The van der Waals surface area contributed by atoms with E-state index < -0.39 is 54.6 Å². The molecule has 3 rings (SSSR count). The van der Waals surface area contributed by atoms with Crippen LogP contribution in [-0.4, -0.2) is 41.9 Å². The Balaban J connectivity index is 1.78. The lowest BCUT2D eigenvalue weighted by atomic mass is 9.88. The first-order valence-corrected chi connectivity index (χ1v) is 13.6. The van der Waals surface area contributed by atoms with E-state index in [1.807, 2.05) is 0 Å². The number of ether oxygens (including phenoxy) is 1. The number of carbonyl (C=O) groups is 3. The van der Waals surface area contributed by atoms with Gasteiger partial charge in [-0.3, -0.25) is 14.4 Å². The van der Waals surface area contributed by atoms with E-state index in [1.165, 1.54) is 38.1 Å². The highest BCUT2D eigenvalue weighted by atomic mass is 79.9. The molecule has 3 N–H and O–H groups in total. The zero-order valence-electron chi connectivity index (χ0n) is 22.6. The number of rotatable bonds is 11. The van der Waals surface area contributed by atoms with Gasteiger partial charge in [-0.25, -0.2) is 13.8 Å². The van der Waals surface area contributed by atoms with Crippen LogP contribution in [0.5, 0.6) is 5.88 Å². The van der Waals surface area contributed by atoms with Crippen LogP contribution >= 0.6 is 27.5 Å². The summed E-state index contributed by atoms with van der Waals surface area (Å²) in [5.41, 5.74) is -1.26. The largest absolute Gasteiger partial charge is 0.471 e. The quantitative estimate of drug-likeness (QED) is 0.184. The fourth-order valence-corrected chi connectivity index (χ4v) is 4.20. The lowest BCUT2D eigenvalue weighted by molar-refractivity contribution is -0.164. The molecule has 0 aliphatic heterocycles. The minimum Gasteiger partial charge on any atom is -0.471 e. The van der Waals surface area contributed by atoms with Gasteiger partial charge < -0.3 is 20.7 Å². The first-order valence-electron chi connectivity index (χ1n) is 12.5. The second kappa shape index (κ2) is 14.1. The molecular weight excluding hydrogens is 667 g/mol. The molecule has 0 atom stereocenters. The lowest BCUT2D eigenvalue weighted by Crippen LogP contribution is -2.39. The van der Waals surface area contributed by atoms with Crippen molar-refractivity contribution in [1.82, 2.24) is 10.3 Å². The average Bonchev–Trinajstić information content (AvgIpc) is 2.91. The van der Waals surface area contributed by atoms with E-state index in [9.17, 15) is 36.3 Å². The van der Waals surface area contributed by atoms with E-state index in [1.54, 1.807) is 24.3 Å². The Labute approximate surface area is 256 Å². The van der Waals surface area contributed by atoms with Gasteiger partial charge in [-0.15, -0.1) is 0 Å². The number of anilines is 2. The highest BCUT2D eigenvalue weighted by Gasteiger charge is 2.40. The summed E-state index contributed by atoms with van der Waals surface area (Å²) >= 11 is 9.47. The van der Waals surface area contributed by atoms with E-state index in [0.29, 0.717) is 11.3 Å².